The van der Waals surface area contributed by atoms with Crippen LogP contribution in [0.25, 0.3) is 0 Å². The molecule has 2 heterocycles. The lowest BCUT2D eigenvalue weighted by molar-refractivity contribution is 0.436. The molecule has 0 unspecified atom stereocenters. The van der Waals surface area contributed by atoms with Gasteiger partial charge in [-0.3, -0.25) is 0 Å². The average molecular weight is 311 g/mol. The van der Waals surface area contributed by atoms with Crippen LogP contribution in [0.15, 0.2) is 18.3 Å². The minimum absolute atomic E-state index is 0.566. The van der Waals surface area contributed by atoms with Crippen molar-refractivity contribution in [2.24, 2.45) is 5.92 Å². The van der Waals surface area contributed by atoms with Gasteiger partial charge in [-0.05, 0) is 50.7 Å². The maximum absolute atomic E-state index is 4.66. The van der Waals surface area contributed by atoms with Crippen LogP contribution in [0.5, 0.6) is 0 Å². The van der Waals surface area contributed by atoms with E-state index in [2.05, 4.69) is 65.2 Å². The highest BCUT2D eigenvalue weighted by atomic mass is 15.3. The van der Waals surface area contributed by atoms with E-state index in [4.69, 9.17) is 0 Å². The predicted molar refractivity (Wildman–Crippen MR) is 94.4 cm³/mol. The lowest BCUT2D eigenvalue weighted by Crippen LogP contribution is -2.33. The normalized spacial score (nSPS) is 15.7. The van der Waals surface area contributed by atoms with Crippen LogP contribution in [0.3, 0.4) is 0 Å². The van der Waals surface area contributed by atoms with E-state index in [0.29, 0.717) is 5.95 Å². The van der Waals surface area contributed by atoms with Gasteiger partial charge < -0.3 is 10.2 Å². The summed E-state index contributed by atoms with van der Waals surface area (Å²) in [6.45, 7) is 10.7. The van der Waals surface area contributed by atoms with Gasteiger partial charge in [-0.25, -0.2) is 0 Å². The number of benzene rings is 1. The van der Waals surface area contributed by atoms with Crippen molar-refractivity contribution in [1.82, 2.24) is 15.2 Å². The Kier molecular flexibility index (Phi) is 4.46. The molecule has 0 radical (unpaired) electrons. The van der Waals surface area contributed by atoms with Crippen molar-refractivity contribution < 1.29 is 0 Å². The third-order valence-electron chi connectivity index (χ3n) is 4.57. The summed E-state index contributed by atoms with van der Waals surface area (Å²) < 4.78 is 0. The van der Waals surface area contributed by atoms with Gasteiger partial charge in [0.1, 0.15) is 0 Å². The predicted octanol–water partition coefficient (Wildman–Crippen LogP) is 3.78. The van der Waals surface area contributed by atoms with E-state index < -0.39 is 0 Å². The summed E-state index contributed by atoms with van der Waals surface area (Å²) in [4.78, 5) is 6.96. The standard InChI is InChI=1S/C18H25N5/c1-12-5-7-23(8-6-12)16-11-19-22-18(20-16)21-17-14(3)9-13(2)10-15(17)4/h9-12H,5-8H2,1-4H3,(H,20,21,22). The number of anilines is 3. The number of nitrogens with zero attached hydrogens (tertiary/aromatic N) is 4. The molecule has 2 aromatic rings. The first-order chi connectivity index (χ1) is 11.0. The molecule has 122 valence electrons. The van der Waals surface area contributed by atoms with Crippen LogP contribution in [0.4, 0.5) is 17.5 Å². The molecule has 23 heavy (non-hydrogen) atoms. The van der Waals surface area contributed by atoms with E-state index in [1.54, 1.807) is 6.20 Å². The molecule has 5 heteroatoms. The van der Waals surface area contributed by atoms with Crippen molar-refractivity contribution in [3.8, 4) is 0 Å². The zero-order chi connectivity index (χ0) is 16.4. The Morgan fingerprint density at radius 2 is 1.74 bits per heavy atom. The van der Waals surface area contributed by atoms with Gasteiger partial charge in [-0.1, -0.05) is 24.6 Å². The van der Waals surface area contributed by atoms with Crippen LogP contribution in [-0.4, -0.2) is 28.3 Å². The number of rotatable bonds is 3. The Bertz CT molecular complexity index is 667. The topological polar surface area (TPSA) is 53.9 Å². The van der Waals surface area contributed by atoms with Gasteiger partial charge in [0.05, 0.1) is 6.20 Å². The summed E-state index contributed by atoms with van der Waals surface area (Å²) in [5.41, 5.74) is 4.73. The molecule has 0 saturated carbocycles. The molecule has 1 N–H and O–H groups in total. The first kappa shape index (κ1) is 15.7. The van der Waals surface area contributed by atoms with Gasteiger partial charge in [-0.15, -0.1) is 5.10 Å². The van der Waals surface area contributed by atoms with Gasteiger partial charge >= 0.3 is 0 Å². The minimum Gasteiger partial charge on any atom is -0.355 e. The zero-order valence-electron chi connectivity index (χ0n) is 14.4. The summed E-state index contributed by atoms with van der Waals surface area (Å²) in [6.07, 6.45) is 4.18. The van der Waals surface area contributed by atoms with Crippen molar-refractivity contribution in [2.45, 2.75) is 40.5 Å². The smallest absolute Gasteiger partial charge is 0.249 e. The Balaban J connectivity index is 1.81. The SMILES string of the molecule is Cc1cc(C)c(Nc2nncc(N3CCC(C)CC3)n2)c(C)c1. The quantitative estimate of drug-likeness (QED) is 0.935. The van der Waals surface area contributed by atoms with E-state index in [9.17, 15) is 0 Å². The molecule has 1 aliphatic rings. The second-order valence-electron chi connectivity index (χ2n) is 6.71. The van der Waals surface area contributed by atoms with Crippen molar-refractivity contribution in [3.05, 3.63) is 35.0 Å². The van der Waals surface area contributed by atoms with Gasteiger partial charge in [0, 0.05) is 18.8 Å². The highest BCUT2D eigenvalue weighted by Gasteiger charge is 2.18. The van der Waals surface area contributed by atoms with E-state index in [1.165, 1.54) is 29.5 Å². The Morgan fingerprint density at radius 1 is 1.09 bits per heavy atom. The van der Waals surface area contributed by atoms with Crippen molar-refractivity contribution in [3.63, 3.8) is 0 Å². The summed E-state index contributed by atoms with van der Waals surface area (Å²) >= 11 is 0. The fraction of sp³-hybridized carbons (Fsp3) is 0.500. The van der Waals surface area contributed by atoms with Crippen LogP contribution >= 0.6 is 0 Å². The first-order valence-corrected chi connectivity index (χ1v) is 8.32. The highest BCUT2D eigenvalue weighted by Crippen LogP contribution is 2.26. The number of piperidine rings is 1. The molecule has 1 saturated heterocycles. The van der Waals surface area contributed by atoms with E-state index in [0.717, 1.165) is 30.5 Å². The molecular formula is C18H25N5. The van der Waals surface area contributed by atoms with E-state index >= 15 is 0 Å². The second kappa shape index (κ2) is 6.52. The fourth-order valence-electron chi connectivity index (χ4n) is 3.23. The molecule has 1 aromatic carbocycles. The van der Waals surface area contributed by atoms with Gasteiger partial charge in [0.2, 0.25) is 5.95 Å². The lowest BCUT2D eigenvalue weighted by atomic mass is 9.99. The number of aryl methyl sites for hydroxylation is 3. The number of nitrogens with one attached hydrogen (secondary N) is 1. The van der Waals surface area contributed by atoms with Gasteiger partial charge in [0.25, 0.3) is 0 Å². The first-order valence-electron chi connectivity index (χ1n) is 8.32. The lowest BCUT2D eigenvalue weighted by Gasteiger charge is -2.30. The third-order valence-corrected chi connectivity index (χ3v) is 4.57. The molecule has 0 amide bonds. The molecule has 0 bridgehead atoms. The molecule has 1 aliphatic heterocycles. The molecule has 0 aliphatic carbocycles. The van der Waals surface area contributed by atoms with E-state index in [1.807, 2.05) is 0 Å². The molecular weight excluding hydrogens is 286 g/mol. The van der Waals surface area contributed by atoms with Crippen molar-refractivity contribution >= 4 is 17.5 Å². The summed E-state index contributed by atoms with van der Waals surface area (Å²) in [5.74, 6) is 2.28. The summed E-state index contributed by atoms with van der Waals surface area (Å²) in [7, 11) is 0. The fourth-order valence-corrected chi connectivity index (χ4v) is 3.23. The third kappa shape index (κ3) is 3.60. The number of aromatic nitrogens is 3. The van der Waals surface area contributed by atoms with Gasteiger partial charge in [-0.2, -0.15) is 10.1 Å². The molecule has 3 rings (SSSR count). The summed E-state index contributed by atoms with van der Waals surface area (Å²) in [6, 6.07) is 4.33. The highest BCUT2D eigenvalue weighted by molar-refractivity contribution is 5.64. The maximum atomic E-state index is 4.66. The molecule has 5 nitrogen and oxygen atoms in total. The van der Waals surface area contributed by atoms with Crippen LogP contribution in [0.1, 0.15) is 36.5 Å². The number of hydrogen-bond acceptors (Lipinski definition) is 5. The Morgan fingerprint density at radius 3 is 2.39 bits per heavy atom. The van der Waals surface area contributed by atoms with Crippen LogP contribution in [0.2, 0.25) is 0 Å². The van der Waals surface area contributed by atoms with Crippen LogP contribution < -0.4 is 10.2 Å². The average Bonchev–Trinajstić information content (AvgIpc) is 2.52. The monoisotopic (exact) mass is 311 g/mol. The zero-order valence-corrected chi connectivity index (χ0v) is 14.4. The molecule has 1 aromatic heterocycles. The van der Waals surface area contributed by atoms with Crippen LogP contribution in [-0.2, 0) is 0 Å². The summed E-state index contributed by atoms with van der Waals surface area (Å²) in [5, 5.41) is 11.6. The van der Waals surface area contributed by atoms with Gasteiger partial charge in [0.15, 0.2) is 5.82 Å². The molecule has 0 spiro atoms. The number of hydrogen-bond donors (Lipinski definition) is 1. The van der Waals surface area contributed by atoms with E-state index in [-0.39, 0.29) is 0 Å². The van der Waals surface area contributed by atoms with Crippen molar-refractivity contribution in [2.75, 3.05) is 23.3 Å². The Labute approximate surface area is 138 Å². The molecule has 1 fully saturated rings. The largest absolute Gasteiger partial charge is 0.355 e. The second-order valence-corrected chi connectivity index (χ2v) is 6.71. The maximum Gasteiger partial charge on any atom is 0.249 e. The minimum atomic E-state index is 0.566. The van der Waals surface area contributed by atoms with Crippen molar-refractivity contribution in [1.29, 1.82) is 0 Å². The Hall–Kier alpha value is -2.17. The molecule has 0 atom stereocenters. The van der Waals surface area contributed by atoms with Crippen LogP contribution in [0, 0.1) is 26.7 Å².